The van der Waals surface area contributed by atoms with Gasteiger partial charge in [0.2, 0.25) is 0 Å². The number of hydrogen-bond acceptors (Lipinski definition) is 7. The molecule has 5 heterocycles. The minimum Gasteiger partial charge on any atom is -0.381 e. The van der Waals surface area contributed by atoms with Gasteiger partial charge >= 0.3 is 6.18 Å². The van der Waals surface area contributed by atoms with E-state index >= 15 is 0 Å². The Morgan fingerprint density at radius 2 is 2.00 bits per heavy atom. The van der Waals surface area contributed by atoms with E-state index in [1.807, 2.05) is 11.8 Å². The summed E-state index contributed by atoms with van der Waals surface area (Å²) in [6.07, 6.45) is -0.174. The second-order valence-corrected chi connectivity index (χ2v) is 8.77. The summed E-state index contributed by atoms with van der Waals surface area (Å²) in [5.41, 5.74) is -0.800. The number of hydrogen-bond donors (Lipinski definition) is 1. The molecule has 0 bridgehead atoms. The molecule has 9 nitrogen and oxygen atoms in total. The summed E-state index contributed by atoms with van der Waals surface area (Å²) in [6.45, 7) is 4.69. The van der Waals surface area contributed by atoms with Crippen LogP contribution in [-0.4, -0.2) is 60.8 Å². The molecule has 0 radical (unpaired) electrons. The van der Waals surface area contributed by atoms with Crippen molar-refractivity contribution in [2.75, 3.05) is 26.3 Å². The third-order valence-electron chi connectivity index (χ3n) is 6.43. The molecule has 12 heteroatoms. The van der Waals surface area contributed by atoms with Crippen molar-refractivity contribution in [3.05, 3.63) is 52.0 Å². The third kappa shape index (κ3) is 4.36. The van der Waals surface area contributed by atoms with Crippen LogP contribution < -0.4 is 5.56 Å². The molecule has 2 atom stereocenters. The van der Waals surface area contributed by atoms with E-state index in [1.165, 1.54) is 0 Å². The van der Waals surface area contributed by atoms with Crippen molar-refractivity contribution in [1.82, 2.24) is 34.4 Å². The third-order valence-corrected chi connectivity index (χ3v) is 6.43. The predicted molar refractivity (Wildman–Crippen MR) is 111 cm³/mol. The number of aromatic amines is 1. The summed E-state index contributed by atoms with van der Waals surface area (Å²) >= 11 is 0. The van der Waals surface area contributed by atoms with Gasteiger partial charge in [-0.25, -0.2) is 19.5 Å². The van der Waals surface area contributed by atoms with Crippen LogP contribution in [0.3, 0.4) is 0 Å². The maximum absolute atomic E-state index is 13.0. The molecule has 3 aromatic heterocycles. The molecule has 1 N–H and O–H groups in total. The highest BCUT2D eigenvalue weighted by Crippen LogP contribution is 2.32. The first-order valence-electron chi connectivity index (χ1n) is 11.0. The summed E-state index contributed by atoms with van der Waals surface area (Å²) in [5.74, 6) is 1.66. The molecule has 0 spiro atoms. The second-order valence-electron chi connectivity index (χ2n) is 8.77. The Morgan fingerprint density at radius 1 is 1.21 bits per heavy atom. The number of ether oxygens (including phenoxy) is 1. The number of rotatable bonds is 4. The van der Waals surface area contributed by atoms with Gasteiger partial charge in [-0.3, -0.25) is 9.69 Å². The molecule has 0 amide bonds. The van der Waals surface area contributed by atoms with Gasteiger partial charge in [-0.1, -0.05) is 6.92 Å². The molecule has 0 saturated carbocycles. The summed E-state index contributed by atoms with van der Waals surface area (Å²) in [4.78, 5) is 29.8. The molecular weight excluding hydrogens is 439 g/mol. The molecule has 2 aliphatic rings. The molecule has 5 rings (SSSR count). The Morgan fingerprint density at radius 3 is 2.76 bits per heavy atom. The van der Waals surface area contributed by atoms with E-state index in [2.05, 4.69) is 19.9 Å². The number of nitrogens with one attached hydrogen (secondary N) is 1. The molecular formula is C21H24F3N7O2. The van der Waals surface area contributed by atoms with Gasteiger partial charge in [-0.2, -0.15) is 18.3 Å². The molecule has 33 heavy (non-hydrogen) atoms. The smallest absolute Gasteiger partial charge is 0.381 e. The summed E-state index contributed by atoms with van der Waals surface area (Å²) in [7, 11) is 0. The monoisotopic (exact) mass is 463 g/mol. The lowest BCUT2D eigenvalue weighted by Gasteiger charge is -2.21. The molecule has 0 aromatic carbocycles. The maximum Gasteiger partial charge on any atom is 0.433 e. The van der Waals surface area contributed by atoms with Gasteiger partial charge in [0.15, 0.2) is 5.52 Å². The first kappa shape index (κ1) is 22.0. The van der Waals surface area contributed by atoms with E-state index in [9.17, 15) is 18.0 Å². The minimum absolute atomic E-state index is 0.0853. The second kappa shape index (κ2) is 8.49. The van der Waals surface area contributed by atoms with Crippen molar-refractivity contribution in [1.29, 1.82) is 0 Å². The fourth-order valence-electron chi connectivity index (χ4n) is 4.72. The quantitative estimate of drug-likeness (QED) is 0.634. The van der Waals surface area contributed by atoms with E-state index in [0.29, 0.717) is 37.6 Å². The highest BCUT2D eigenvalue weighted by atomic mass is 19.4. The lowest BCUT2D eigenvalue weighted by atomic mass is 9.97. The van der Waals surface area contributed by atoms with Gasteiger partial charge in [-0.05, 0) is 24.8 Å². The van der Waals surface area contributed by atoms with Gasteiger partial charge < -0.3 is 9.72 Å². The molecule has 2 aliphatic heterocycles. The van der Waals surface area contributed by atoms with E-state index in [0.717, 1.165) is 30.9 Å². The predicted octanol–water partition coefficient (Wildman–Crippen LogP) is 2.36. The van der Waals surface area contributed by atoms with Crippen LogP contribution in [0.2, 0.25) is 0 Å². The van der Waals surface area contributed by atoms with Crippen molar-refractivity contribution in [3.63, 3.8) is 0 Å². The largest absolute Gasteiger partial charge is 0.433 e. The standard InChI is InChI=1S/C21H24F3N7O2/c1-12-9-30(11-17-25-5-2-16(27-17)21(22,23)24)10-14(12)18-28-20(32)15-8-26-19(31(15)29-18)13-3-6-33-7-4-13/h2,5,8,12-14H,3-4,6-7,9-11H2,1H3,(H,28,29,32). The van der Waals surface area contributed by atoms with Crippen molar-refractivity contribution >= 4 is 5.52 Å². The summed E-state index contributed by atoms with van der Waals surface area (Å²) in [6, 6.07) is 0.865. The molecule has 2 saturated heterocycles. The van der Waals surface area contributed by atoms with Crippen LogP contribution in [0.4, 0.5) is 13.2 Å². The van der Waals surface area contributed by atoms with E-state index < -0.39 is 11.9 Å². The van der Waals surface area contributed by atoms with E-state index in [-0.39, 0.29) is 35.7 Å². The molecule has 3 aromatic rings. The van der Waals surface area contributed by atoms with Gasteiger partial charge in [0.05, 0.1) is 12.7 Å². The molecule has 176 valence electrons. The zero-order chi connectivity index (χ0) is 23.2. The average molecular weight is 463 g/mol. The van der Waals surface area contributed by atoms with Crippen molar-refractivity contribution in [2.24, 2.45) is 5.92 Å². The van der Waals surface area contributed by atoms with Crippen molar-refractivity contribution in [3.8, 4) is 0 Å². The van der Waals surface area contributed by atoms with Crippen LogP contribution in [0.15, 0.2) is 23.3 Å². The van der Waals surface area contributed by atoms with Crippen LogP contribution in [-0.2, 0) is 17.5 Å². The minimum atomic E-state index is -4.51. The fourth-order valence-corrected chi connectivity index (χ4v) is 4.72. The Hall–Kier alpha value is -2.86. The van der Waals surface area contributed by atoms with Crippen LogP contribution in [0.5, 0.6) is 0 Å². The lowest BCUT2D eigenvalue weighted by molar-refractivity contribution is -0.141. The Balaban J connectivity index is 1.38. The van der Waals surface area contributed by atoms with E-state index in [1.54, 1.807) is 10.7 Å². The number of alkyl halides is 3. The molecule has 2 unspecified atom stereocenters. The van der Waals surface area contributed by atoms with Gasteiger partial charge in [0.1, 0.15) is 23.2 Å². The number of H-pyrrole nitrogens is 1. The number of nitrogens with zero attached hydrogens (tertiary/aromatic N) is 6. The molecule has 0 aliphatic carbocycles. The number of imidazole rings is 1. The Labute approximate surface area is 187 Å². The van der Waals surface area contributed by atoms with Gasteiger partial charge in [-0.15, -0.1) is 0 Å². The van der Waals surface area contributed by atoms with E-state index in [4.69, 9.17) is 9.84 Å². The first-order valence-corrected chi connectivity index (χ1v) is 11.0. The average Bonchev–Trinajstić information content (AvgIpc) is 3.37. The lowest BCUT2D eigenvalue weighted by Crippen LogP contribution is -2.25. The van der Waals surface area contributed by atoms with Crippen LogP contribution in [0.1, 0.15) is 54.8 Å². The summed E-state index contributed by atoms with van der Waals surface area (Å²) < 4.78 is 46.0. The number of fused-ring (bicyclic) bond motifs is 1. The number of halogens is 3. The fraction of sp³-hybridized carbons (Fsp3) is 0.571. The van der Waals surface area contributed by atoms with Crippen LogP contribution in [0.25, 0.3) is 5.52 Å². The van der Waals surface area contributed by atoms with Gasteiger partial charge in [0, 0.05) is 44.3 Å². The van der Waals surface area contributed by atoms with Crippen LogP contribution in [0, 0.1) is 5.92 Å². The zero-order valence-corrected chi connectivity index (χ0v) is 18.0. The number of likely N-dealkylation sites (tertiary alicyclic amines) is 1. The zero-order valence-electron chi connectivity index (χ0n) is 18.0. The summed E-state index contributed by atoms with van der Waals surface area (Å²) in [5, 5.41) is 4.74. The van der Waals surface area contributed by atoms with Gasteiger partial charge in [0.25, 0.3) is 5.56 Å². The maximum atomic E-state index is 13.0. The highest BCUT2D eigenvalue weighted by molar-refractivity contribution is 5.42. The Kier molecular flexibility index (Phi) is 5.65. The van der Waals surface area contributed by atoms with Crippen molar-refractivity contribution < 1.29 is 17.9 Å². The normalized spacial score (nSPS) is 22.9. The highest BCUT2D eigenvalue weighted by Gasteiger charge is 2.35. The SMILES string of the molecule is CC1CN(Cc2nccc(C(F)(F)F)n2)CC1c1nn2c(C3CCOCC3)ncc2c(=O)[nH]1. The Bertz CT molecular complexity index is 1200. The van der Waals surface area contributed by atoms with Crippen LogP contribution >= 0.6 is 0 Å². The molecule has 2 fully saturated rings. The first-order chi connectivity index (χ1) is 15.8. The van der Waals surface area contributed by atoms with Crippen molar-refractivity contribution in [2.45, 2.75) is 44.3 Å². The number of aromatic nitrogens is 6. The topological polar surface area (TPSA) is 101 Å².